The summed E-state index contributed by atoms with van der Waals surface area (Å²) < 4.78 is 10.9. The van der Waals surface area contributed by atoms with Gasteiger partial charge in [0.1, 0.15) is 0 Å². The van der Waals surface area contributed by atoms with E-state index in [2.05, 4.69) is 19.9 Å². The SMILES string of the molecule is Cc1c(CC2(N)CC2)cc2c(c1C)OCO2. The highest BCUT2D eigenvalue weighted by molar-refractivity contribution is 5.55. The van der Waals surface area contributed by atoms with Gasteiger partial charge in [-0.3, -0.25) is 0 Å². The van der Waals surface area contributed by atoms with Crippen molar-refractivity contribution in [1.29, 1.82) is 0 Å². The van der Waals surface area contributed by atoms with Crippen molar-refractivity contribution in [3.8, 4) is 11.5 Å². The monoisotopic (exact) mass is 219 g/mol. The molecule has 16 heavy (non-hydrogen) atoms. The summed E-state index contributed by atoms with van der Waals surface area (Å²) in [5.74, 6) is 1.78. The van der Waals surface area contributed by atoms with Crippen LogP contribution in [0, 0.1) is 13.8 Å². The van der Waals surface area contributed by atoms with E-state index in [0.717, 1.165) is 30.8 Å². The quantitative estimate of drug-likeness (QED) is 0.828. The summed E-state index contributed by atoms with van der Waals surface area (Å²) in [6, 6.07) is 2.09. The molecule has 1 aliphatic carbocycles. The van der Waals surface area contributed by atoms with Crippen molar-refractivity contribution in [2.75, 3.05) is 6.79 Å². The normalized spacial score (nSPS) is 19.9. The molecule has 0 spiro atoms. The molecular weight excluding hydrogens is 202 g/mol. The highest BCUT2D eigenvalue weighted by Gasteiger charge is 2.38. The summed E-state index contributed by atoms with van der Waals surface area (Å²) in [5.41, 5.74) is 10.0. The van der Waals surface area contributed by atoms with Crippen molar-refractivity contribution in [2.45, 2.75) is 38.6 Å². The molecule has 1 heterocycles. The van der Waals surface area contributed by atoms with E-state index >= 15 is 0 Å². The highest BCUT2D eigenvalue weighted by Crippen LogP contribution is 2.42. The van der Waals surface area contributed by atoms with Gasteiger partial charge in [0.25, 0.3) is 0 Å². The van der Waals surface area contributed by atoms with Gasteiger partial charge in [-0.2, -0.15) is 0 Å². The van der Waals surface area contributed by atoms with Crippen LogP contribution in [-0.2, 0) is 6.42 Å². The van der Waals surface area contributed by atoms with Crippen molar-refractivity contribution in [3.63, 3.8) is 0 Å². The molecule has 0 unspecified atom stereocenters. The van der Waals surface area contributed by atoms with Gasteiger partial charge < -0.3 is 15.2 Å². The summed E-state index contributed by atoms with van der Waals surface area (Å²) in [5, 5.41) is 0. The topological polar surface area (TPSA) is 44.5 Å². The largest absolute Gasteiger partial charge is 0.454 e. The minimum atomic E-state index is 0.0465. The summed E-state index contributed by atoms with van der Waals surface area (Å²) in [6.45, 7) is 4.56. The molecule has 0 radical (unpaired) electrons. The fourth-order valence-corrected chi connectivity index (χ4v) is 2.27. The van der Waals surface area contributed by atoms with Crippen LogP contribution in [0.1, 0.15) is 29.5 Å². The van der Waals surface area contributed by atoms with E-state index < -0.39 is 0 Å². The molecule has 3 heteroatoms. The second kappa shape index (κ2) is 3.14. The summed E-state index contributed by atoms with van der Waals surface area (Å²) in [7, 11) is 0. The number of nitrogens with two attached hydrogens (primary N) is 1. The molecule has 3 rings (SSSR count). The lowest BCUT2D eigenvalue weighted by molar-refractivity contribution is 0.173. The molecule has 0 aromatic heterocycles. The minimum absolute atomic E-state index is 0.0465. The standard InChI is InChI=1S/C13H17NO2/c1-8-9(2)12-11(15-7-16-12)5-10(8)6-13(14)3-4-13/h5H,3-4,6-7,14H2,1-2H3. The lowest BCUT2D eigenvalue weighted by Gasteiger charge is -2.14. The Hall–Kier alpha value is -1.22. The maximum absolute atomic E-state index is 6.17. The molecule has 0 amide bonds. The molecule has 0 atom stereocenters. The third-order valence-corrected chi connectivity index (χ3v) is 3.77. The fourth-order valence-electron chi connectivity index (χ4n) is 2.27. The van der Waals surface area contributed by atoms with Gasteiger partial charge in [0.2, 0.25) is 6.79 Å². The molecule has 0 saturated heterocycles. The molecule has 3 nitrogen and oxygen atoms in total. The molecule has 1 aromatic carbocycles. The zero-order valence-electron chi connectivity index (χ0n) is 9.80. The second-order valence-electron chi connectivity index (χ2n) is 5.06. The van der Waals surface area contributed by atoms with Gasteiger partial charge >= 0.3 is 0 Å². The minimum Gasteiger partial charge on any atom is -0.454 e. The first-order valence-corrected chi connectivity index (χ1v) is 5.77. The van der Waals surface area contributed by atoms with Crippen LogP contribution in [-0.4, -0.2) is 12.3 Å². The van der Waals surface area contributed by atoms with Crippen molar-refractivity contribution in [2.24, 2.45) is 5.73 Å². The van der Waals surface area contributed by atoms with Gasteiger partial charge in [0.05, 0.1) is 0 Å². The summed E-state index contributed by atoms with van der Waals surface area (Å²) >= 11 is 0. The highest BCUT2D eigenvalue weighted by atomic mass is 16.7. The van der Waals surface area contributed by atoms with Crippen molar-refractivity contribution < 1.29 is 9.47 Å². The van der Waals surface area contributed by atoms with Gasteiger partial charge in [-0.05, 0) is 55.9 Å². The smallest absolute Gasteiger partial charge is 0.231 e. The van der Waals surface area contributed by atoms with E-state index in [1.165, 1.54) is 16.7 Å². The number of ether oxygens (including phenoxy) is 2. The summed E-state index contributed by atoms with van der Waals surface area (Å²) in [4.78, 5) is 0. The van der Waals surface area contributed by atoms with E-state index in [1.807, 2.05) is 0 Å². The molecule has 1 saturated carbocycles. The Morgan fingerprint density at radius 3 is 2.69 bits per heavy atom. The molecule has 2 aliphatic rings. The van der Waals surface area contributed by atoms with E-state index in [-0.39, 0.29) is 5.54 Å². The number of rotatable bonds is 2. The van der Waals surface area contributed by atoms with Crippen LogP contribution < -0.4 is 15.2 Å². The zero-order valence-corrected chi connectivity index (χ0v) is 9.80. The van der Waals surface area contributed by atoms with Gasteiger partial charge in [0.15, 0.2) is 11.5 Å². The number of hydrogen-bond acceptors (Lipinski definition) is 3. The summed E-state index contributed by atoms with van der Waals surface area (Å²) in [6.07, 6.45) is 3.23. The van der Waals surface area contributed by atoms with Gasteiger partial charge in [0, 0.05) is 5.54 Å². The van der Waals surface area contributed by atoms with Crippen LogP contribution in [0.5, 0.6) is 11.5 Å². The Kier molecular flexibility index (Phi) is 1.96. The fraction of sp³-hybridized carbons (Fsp3) is 0.538. The average molecular weight is 219 g/mol. The third-order valence-electron chi connectivity index (χ3n) is 3.77. The average Bonchev–Trinajstić information content (AvgIpc) is 2.79. The molecule has 2 N–H and O–H groups in total. The first-order valence-electron chi connectivity index (χ1n) is 5.77. The number of benzene rings is 1. The number of hydrogen-bond donors (Lipinski definition) is 1. The van der Waals surface area contributed by atoms with Crippen molar-refractivity contribution in [3.05, 3.63) is 22.8 Å². The molecule has 0 bridgehead atoms. The van der Waals surface area contributed by atoms with Crippen LogP contribution in [0.2, 0.25) is 0 Å². The van der Waals surface area contributed by atoms with Gasteiger partial charge in [-0.15, -0.1) is 0 Å². The van der Waals surface area contributed by atoms with Crippen LogP contribution in [0.15, 0.2) is 6.07 Å². The van der Waals surface area contributed by atoms with Crippen molar-refractivity contribution >= 4 is 0 Å². The molecule has 1 aliphatic heterocycles. The van der Waals surface area contributed by atoms with Crippen LogP contribution >= 0.6 is 0 Å². The Morgan fingerprint density at radius 2 is 2.00 bits per heavy atom. The number of fused-ring (bicyclic) bond motifs is 1. The van der Waals surface area contributed by atoms with E-state index in [1.54, 1.807) is 0 Å². The van der Waals surface area contributed by atoms with Crippen LogP contribution in [0.4, 0.5) is 0 Å². The Balaban J connectivity index is 2.02. The van der Waals surface area contributed by atoms with Gasteiger partial charge in [-0.1, -0.05) is 0 Å². The van der Waals surface area contributed by atoms with Gasteiger partial charge in [-0.25, -0.2) is 0 Å². The first kappa shape index (κ1) is 9.97. The van der Waals surface area contributed by atoms with Crippen LogP contribution in [0.3, 0.4) is 0 Å². The lowest BCUT2D eigenvalue weighted by atomic mass is 9.95. The van der Waals surface area contributed by atoms with E-state index in [0.29, 0.717) is 6.79 Å². The Bertz CT molecular complexity index is 450. The van der Waals surface area contributed by atoms with Crippen LogP contribution in [0.25, 0.3) is 0 Å². The maximum Gasteiger partial charge on any atom is 0.231 e. The predicted molar refractivity (Wildman–Crippen MR) is 61.9 cm³/mol. The van der Waals surface area contributed by atoms with Crippen molar-refractivity contribution in [1.82, 2.24) is 0 Å². The van der Waals surface area contributed by atoms with E-state index in [9.17, 15) is 0 Å². The molecule has 1 fully saturated rings. The Morgan fingerprint density at radius 1 is 1.25 bits per heavy atom. The zero-order chi connectivity index (χ0) is 11.3. The predicted octanol–water partition coefficient (Wildman–Crippen LogP) is 2.07. The lowest BCUT2D eigenvalue weighted by Crippen LogP contribution is -2.25. The molecular formula is C13H17NO2. The Labute approximate surface area is 95.5 Å². The molecule has 86 valence electrons. The first-order chi connectivity index (χ1) is 7.59. The maximum atomic E-state index is 6.17. The molecule has 1 aromatic rings. The van der Waals surface area contributed by atoms with E-state index in [4.69, 9.17) is 15.2 Å². The second-order valence-corrected chi connectivity index (χ2v) is 5.06. The third kappa shape index (κ3) is 1.47.